The van der Waals surface area contributed by atoms with E-state index in [-0.39, 0.29) is 6.03 Å². The lowest BCUT2D eigenvalue weighted by atomic mass is 10.3. The van der Waals surface area contributed by atoms with Gasteiger partial charge in [-0.2, -0.15) is 0 Å². The predicted molar refractivity (Wildman–Crippen MR) is 92.7 cm³/mol. The molecule has 0 saturated carbocycles. The summed E-state index contributed by atoms with van der Waals surface area (Å²) in [6, 6.07) is 14.6. The number of hydrogen-bond acceptors (Lipinski definition) is 3. The molecule has 23 heavy (non-hydrogen) atoms. The third kappa shape index (κ3) is 4.15. The number of hydrogen-bond donors (Lipinski definition) is 1. The molecule has 4 nitrogen and oxygen atoms in total. The highest BCUT2D eigenvalue weighted by molar-refractivity contribution is 7.09. The Morgan fingerprint density at radius 2 is 2.00 bits per heavy atom. The Kier molecular flexibility index (Phi) is 5.00. The van der Waals surface area contributed by atoms with Gasteiger partial charge in [0, 0.05) is 4.88 Å². The first-order valence-electron chi connectivity index (χ1n) is 7.07. The van der Waals surface area contributed by atoms with Crippen molar-refractivity contribution in [3.63, 3.8) is 0 Å². The zero-order chi connectivity index (χ0) is 16.1. The van der Waals surface area contributed by atoms with Crippen LogP contribution in [0.25, 0.3) is 0 Å². The number of nitrogens with one attached hydrogen (secondary N) is 1. The number of nitrogens with zero attached hydrogens (tertiary/aromatic N) is 1. The number of para-hydroxylation sites is 1. The highest BCUT2D eigenvalue weighted by Gasteiger charge is 2.17. The number of urea groups is 1. The molecule has 0 bridgehead atoms. The van der Waals surface area contributed by atoms with E-state index < -0.39 is 0 Å². The van der Waals surface area contributed by atoms with Crippen molar-refractivity contribution in [2.75, 3.05) is 5.32 Å². The molecule has 0 fully saturated rings. The number of carbonyl (C=O) groups excluding carboxylic acids is 1. The van der Waals surface area contributed by atoms with E-state index in [4.69, 9.17) is 16.0 Å². The molecule has 6 heteroatoms. The van der Waals surface area contributed by atoms with Gasteiger partial charge in [0.25, 0.3) is 0 Å². The van der Waals surface area contributed by atoms with Crippen LogP contribution in [-0.2, 0) is 13.1 Å². The van der Waals surface area contributed by atoms with Crippen LogP contribution in [0.2, 0.25) is 5.02 Å². The van der Waals surface area contributed by atoms with Gasteiger partial charge in [0.1, 0.15) is 5.76 Å². The molecule has 0 spiro atoms. The van der Waals surface area contributed by atoms with Gasteiger partial charge in [0.15, 0.2) is 0 Å². The van der Waals surface area contributed by atoms with Crippen LogP contribution >= 0.6 is 22.9 Å². The average Bonchev–Trinajstić information content (AvgIpc) is 3.22. The Labute approximate surface area is 143 Å². The number of rotatable bonds is 5. The summed E-state index contributed by atoms with van der Waals surface area (Å²) in [5.74, 6) is 0.732. The largest absolute Gasteiger partial charge is 0.467 e. The second-order valence-corrected chi connectivity index (χ2v) is 6.36. The number of thiophene rings is 1. The summed E-state index contributed by atoms with van der Waals surface area (Å²) >= 11 is 7.72. The van der Waals surface area contributed by atoms with Gasteiger partial charge in [-0.25, -0.2) is 4.79 Å². The van der Waals surface area contributed by atoms with Crippen molar-refractivity contribution in [1.82, 2.24) is 4.90 Å². The van der Waals surface area contributed by atoms with E-state index in [0.29, 0.717) is 23.8 Å². The van der Waals surface area contributed by atoms with Crippen molar-refractivity contribution in [3.8, 4) is 0 Å². The molecule has 1 N–H and O–H groups in total. The van der Waals surface area contributed by atoms with E-state index in [1.807, 2.05) is 41.8 Å². The maximum absolute atomic E-state index is 12.6. The van der Waals surface area contributed by atoms with E-state index in [1.165, 1.54) is 0 Å². The van der Waals surface area contributed by atoms with Crippen molar-refractivity contribution in [3.05, 3.63) is 75.8 Å². The molecule has 0 aliphatic heterocycles. The van der Waals surface area contributed by atoms with Crippen molar-refractivity contribution in [2.24, 2.45) is 0 Å². The Balaban J connectivity index is 1.76. The highest BCUT2D eigenvalue weighted by Crippen LogP contribution is 2.22. The molecule has 0 atom stereocenters. The van der Waals surface area contributed by atoms with Crippen LogP contribution in [0.1, 0.15) is 10.6 Å². The minimum Gasteiger partial charge on any atom is -0.467 e. The third-order valence-electron chi connectivity index (χ3n) is 3.26. The van der Waals surface area contributed by atoms with E-state index in [2.05, 4.69) is 5.32 Å². The molecule has 2 heterocycles. The molecule has 0 unspecified atom stereocenters. The maximum atomic E-state index is 12.6. The average molecular weight is 347 g/mol. The number of carbonyl (C=O) groups is 1. The van der Waals surface area contributed by atoms with Gasteiger partial charge in [-0.1, -0.05) is 29.8 Å². The zero-order valence-corrected chi connectivity index (χ0v) is 13.8. The Bertz CT molecular complexity index is 721. The molecule has 0 aliphatic carbocycles. The van der Waals surface area contributed by atoms with E-state index >= 15 is 0 Å². The molecule has 2 amide bonds. The minimum absolute atomic E-state index is 0.220. The lowest BCUT2D eigenvalue weighted by Gasteiger charge is -2.22. The summed E-state index contributed by atoms with van der Waals surface area (Å²) in [6.07, 6.45) is 1.60. The Morgan fingerprint density at radius 3 is 2.70 bits per heavy atom. The van der Waals surface area contributed by atoms with Gasteiger partial charge in [-0.05, 0) is 35.7 Å². The van der Waals surface area contributed by atoms with Gasteiger partial charge >= 0.3 is 6.03 Å². The fraction of sp³-hybridized carbons (Fsp3) is 0.118. The predicted octanol–water partition coefficient (Wildman–Crippen LogP) is 5.23. The van der Waals surface area contributed by atoms with E-state index in [1.54, 1.807) is 34.6 Å². The molecule has 3 rings (SSSR count). The van der Waals surface area contributed by atoms with Gasteiger partial charge in [0.05, 0.1) is 30.1 Å². The van der Waals surface area contributed by atoms with Crippen LogP contribution in [0.4, 0.5) is 10.5 Å². The third-order valence-corrected chi connectivity index (χ3v) is 4.45. The second-order valence-electron chi connectivity index (χ2n) is 4.92. The van der Waals surface area contributed by atoms with Crippen molar-refractivity contribution >= 4 is 34.7 Å². The first kappa shape index (κ1) is 15.6. The number of anilines is 1. The summed E-state index contributed by atoms with van der Waals surface area (Å²) in [5.41, 5.74) is 0.592. The number of halogens is 1. The summed E-state index contributed by atoms with van der Waals surface area (Å²) in [4.78, 5) is 15.4. The first-order chi connectivity index (χ1) is 11.2. The smallest absolute Gasteiger partial charge is 0.322 e. The molecule has 0 aliphatic rings. The standard InChI is InChI=1S/C17H15ClN2O2S/c18-15-7-1-2-8-16(15)19-17(21)20(11-13-5-3-9-22-13)12-14-6-4-10-23-14/h1-10H,11-12H2,(H,19,21). The van der Waals surface area contributed by atoms with Crippen LogP contribution in [0.3, 0.4) is 0 Å². The van der Waals surface area contributed by atoms with Crippen LogP contribution in [0, 0.1) is 0 Å². The number of benzene rings is 1. The highest BCUT2D eigenvalue weighted by atomic mass is 35.5. The molecule has 2 aromatic heterocycles. The molecule has 118 valence electrons. The van der Waals surface area contributed by atoms with Gasteiger partial charge in [-0.3, -0.25) is 0 Å². The second kappa shape index (κ2) is 7.35. The summed E-state index contributed by atoms with van der Waals surface area (Å²) in [5, 5.41) is 5.35. The zero-order valence-electron chi connectivity index (χ0n) is 12.2. The van der Waals surface area contributed by atoms with Crippen LogP contribution in [0.15, 0.2) is 64.6 Å². The van der Waals surface area contributed by atoms with Gasteiger partial charge in [-0.15, -0.1) is 11.3 Å². The fourth-order valence-electron chi connectivity index (χ4n) is 2.14. The van der Waals surface area contributed by atoms with Crippen LogP contribution in [0.5, 0.6) is 0 Å². The first-order valence-corrected chi connectivity index (χ1v) is 8.33. The summed E-state index contributed by atoms with van der Waals surface area (Å²) < 4.78 is 5.36. The molecular formula is C17H15ClN2O2S. The summed E-state index contributed by atoms with van der Waals surface area (Å²) in [6.45, 7) is 0.899. The molecule has 0 saturated heterocycles. The van der Waals surface area contributed by atoms with Crippen molar-refractivity contribution < 1.29 is 9.21 Å². The van der Waals surface area contributed by atoms with E-state index in [9.17, 15) is 4.79 Å². The lowest BCUT2D eigenvalue weighted by molar-refractivity contribution is 0.202. The maximum Gasteiger partial charge on any atom is 0.322 e. The minimum atomic E-state index is -0.220. The Morgan fingerprint density at radius 1 is 1.13 bits per heavy atom. The molecule has 0 radical (unpaired) electrons. The van der Waals surface area contributed by atoms with Gasteiger partial charge < -0.3 is 14.6 Å². The quantitative estimate of drug-likeness (QED) is 0.687. The SMILES string of the molecule is O=C(Nc1ccccc1Cl)N(Cc1ccco1)Cc1cccs1. The monoisotopic (exact) mass is 346 g/mol. The molecule has 1 aromatic carbocycles. The van der Waals surface area contributed by atoms with Crippen molar-refractivity contribution in [1.29, 1.82) is 0 Å². The van der Waals surface area contributed by atoms with Gasteiger partial charge in [0.2, 0.25) is 0 Å². The molecule has 3 aromatic rings. The Hall–Kier alpha value is -2.24. The summed E-state index contributed by atoms with van der Waals surface area (Å²) in [7, 11) is 0. The van der Waals surface area contributed by atoms with Crippen molar-refractivity contribution in [2.45, 2.75) is 13.1 Å². The number of furan rings is 1. The van der Waals surface area contributed by atoms with Crippen LogP contribution in [-0.4, -0.2) is 10.9 Å². The fourth-order valence-corrected chi connectivity index (χ4v) is 3.04. The normalized spacial score (nSPS) is 10.5. The topological polar surface area (TPSA) is 45.5 Å². The van der Waals surface area contributed by atoms with E-state index in [0.717, 1.165) is 10.6 Å². The number of amides is 2. The molecular weight excluding hydrogens is 332 g/mol. The van der Waals surface area contributed by atoms with Crippen LogP contribution < -0.4 is 5.32 Å². The lowest BCUT2D eigenvalue weighted by Crippen LogP contribution is -2.33.